The number of fused-ring (bicyclic) bond motifs is 1. The number of benzene rings is 1. The molecule has 0 radical (unpaired) electrons. The van der Waals surface area contributed by atoms with Crippen LogP contribution in [0.3, 0.4) is 0 Å². The number of aliphatic carboxylic acids is 1. The van der Waals surface area contributed by atoms with Gasteiger partial charge in [-0.15, -0.1) is 0 Å². The van der Waals surface area contributed by atoms with Gasteiger partial charge in [-0.05, 0) is 30.9 Å². The molecule has 1 aliphatic rings. The second-order valence-electron chi connectivity index (χ2n) is 5.39. The summed E-state index contributed by atoms with van der Waals surface area (Å²) < 4.78 is 13.6. The standard InChI is InChI=1S/C14H15FN2O2/c1-7-5-8(9(6-7)14(18)19)13-16-11-4-2-3-10(15)12(11)17-13/h2-4,7-9H,5-6H2,1H3,(H,16,17)(H,18,19). The average molecular weight is 262 g/mol. The predicted octanol–water partition coefficient (Wildman–Crippen LogP) is 2.92. The molecule has 4 nitrogen and oxygen atoms in total. The highest BCUT2D eigenvalue weighted by molar-refractivity contribution is 5.76. The third-order valence-corrected chi connectivity index (χ3v) is 3.95. The highest BCUT2D eigenvalue weighted by Gasteiger charge is 2.39. The van der Waals surface area contributed by atoms with E-state index in [4.69, 9.17) is 0 Å². The molecule has 100 valence electrons. The Morgan fingerprint density at radius 2 is 2.26 bits per heavy atom. The molecule has 1 aromatic carbocycles. The minimum Gasteiger partial charge on any atom is -0.481 e. The fourth-order valence-corrected chi connectivity index (χ4v) is 3.06. The van der Waals surface area contributed by atoms with Gasteiger partial charge in [0, 0.05) is 5.92 Å². The molecule has 5 heteroatoms. The van der Waals surface area contributed by atoms with Crippen molar-refractivity contribution in [2.45, 2.75) is 25.7 Å². The molecule has 3 atom stereocenters. The zero-order chi connectivity index (χ0) is 13.6. The SMILES string of the molecule is CC1CC(C(=O)O)C(c2nc3c(F)cccc3[nH]2)C1. The summed E-state index contributed by atoms with van der Waals surface area (Å²) in [6.07, 6.45) is 1.43. The number of rotatable bonds is 2. The lowest BCUT2D eigenvalue weighted by molar-refractivity contribution is -0.142. The number of aromatic nitrogens is 2. The van der Waals surface area contributed by atoms with Crippen molar-refractivity contribution in [2.24, 2.45) is 11.8 Å². The van der Waals surface area contributed by atoms with Gasteiger partial charge in [0.05, 0.1) is 11.4 Å². The van der Waals surface area contributed by atoms with Crippen molar-refractivity contribution in [1.29, 1.82) is 0 Å². The number of aromatic amines is 1. The molecule has 0 aliphatic heterocycles. The Balaban J connectivity index is 2.04. The van der Waals surface area contributed by atoms with Crippen molar-refractivity contribution in [2.75, 3.05) is 0 Å². The normalized spacial score (nSPS) is 26.9. The Hall–Kier alpha value is -1.91. The van der Waals surface area contributed by atoms with Crippen molar-refractivity contribution < 1.29 is 14.3 Å². The number of nitrogens with zero attached hydrogens (tertiary/aromatic N) is 1. The van der Waals surface area contributed by atoms with Gasteiger partial charge in [0.2, 0.25) is 0 Å². The van der Waals surface area contributed by atoms with Crippen LogP contribution in [0.1, 0.15) is 31.5 Å². The Morgan fingerprint density at radius 1 is 1.47 bits per heavy atom. The Labute approximate surface area is 109 Å². The molecule has 0 bridgehead atoms. The van der Waals surface area contributed by atoms with Crippen molar-refractivity contribution in [3.05, 3.63) is 29.8 Å². The number of hydrogen-bond acceptors (Lipinski definition) is 2. The number of hydrogen-bond donors (Lipinski definition) is 2. The molecule has 3 rings (SSSR count). The highest BCUT2D eigenvalue weighted by Crippen LogP contribution is 2.42. The van der Waals surface area contributed by atoms with Crippen molar-refractivity contribution in [3.63, 3.8) is 0 Å². The Morgan fingerprint density at radius 3 is 2.95 bits per heavy atom. The van der Waals surface area contributed by atoms with Gasteiger partial charge in [0.25, 0.3) is 0 Å². The van der Waals surface area contributed by atoms with Gasteiger partial charge in [-0.1, -0.05) is 13.0 Å². The monoisotopic (exact) mass is 262 g/mol. The van der Waals surface area contributed by atoms with Crippen LogP contribution in [0.5, 0.6) is 0 Å². The maximum Gasteiger partial charge on any atom is 0.307 e. The van der Waals surface area contributed by atoms with Crippen LogP contribution < -0.4 is 0 Å². The number of para-hydroxylation sites is 1. The van der Waals surface area contributed by atoms with Gasteiger partial charge in [-0.2, -0.15) is 0 Å². The van der Waals surface area contributed by atoms with E-state index in [9.17, 15) is 14.3 Å². The number of carboxylic acids is 1. The summed E-state index contributed by atoms with van der Waals surface area (Å²) >= 11 is 0. The highest BCUT2D eigenvalue weighted by atomic mass is 19.1. The summed E-state index contributed by atoms with van der Waals surface area (Å²) in [6, 6.07) is 4.73. The molecule has 2 aromatic rings. The van der Waals surface area contributed by atoms with E-state index in [2.05, 4.69) is 9.97 Å². The Kier molecular flexibility index (Phi) is 2.77. The number of imidazole rings is 1. The summed E-state index contributed by atoms with van der Waals surface area (Å²) in [7, 11) is 0. The number of carbonyl (C=O) groups is 1. The topological polar surface area (TPSA) is 66.0 Å². The van der Waals surface area contributed by atoms with Crippen molar-refractivity contribution >= 4 is 17.0 Å². The van der Waals surface area contributed by atoms with Crippen LogP contribution >= 0.6 is 0 Å². The zero-order valence-corrected chi connectivity index (χ0v) is 10.6. The predicted molar refractivity (Wildman–Crippen MR) is 68.3 cm³/mol. The molecule has 1 aromatic heterocycles. The molecule has 19 heavy (non-hydrogen) atoms. The second kappa shape index (κ2) is 4.33. The first-order chi connectivity index (χ1) is 9.06. The van der Waals surface area contributed by atoms with Crippen molar-refractivity contribution in [1.82, 2.24) is 9.97 Å². The molecular weight excluding hydrogens is 247 g/mol. The maximum absolute atomic E-state index is 13.6. The molecule has 2 N–H and O–H groups in total. The van der Waals surface area contributed by atoms with E-state index >= 15 is 0 Å². The largest absolute Gasteiger partial charge is 0.481 e. The van der Waals surface area contributed by atoms with E-state index < -0.39 is 11.9 Å². The lowest BCUT2D eigenvalue weighted by Gasteiger charge is -2.12. The minimum absolute atomic E-state index is 0.153. The molecule has 1 heterocycles. The number of nitrogens with one attached hydrogen (secondary N) is 1. The molecular formula is C14H15FN2O2. The van der Waals surface area contributed by atoms with E-state index in [0.717, 1.165) is 6.42 Å². The van der Waals surface area contributed by atoms with E-state index in [1.807, 2.05) is 6.92 Å². The quantitative estimate of drug-likeness (QED) is 0.874. The lowest BCUT2D eigenvalue weighted by atomic mass is 9.96. The van der Waals surface area contributed by atoms with Gasteiger partial charge in [0.1, 0.15) is 11.3 Å². The number of halogens is 1. The first-order valence-electron chi connectivity index (χ1n) is 6.43. The fourth-order valence-electron chi connectivity index (χ4n) is 3.06. The van der Waals surface area contributed by atoms with Crippen LogP contribution in [0.15, 0.2) is 18.2 Å². The molecule has 3 unspecified atom stereocenters. The van der Waals surface area contributed by atoms with Gasteiger partial charge < -0.3 is 10.1 Å². The van der Waals surface area contributed by atoms with Crippen LogP contribution in [0.25, 0.3) is 11.0 Å². The van der Waals surface area contributed by atoms with Gasteiger partial charge in [-0.25, -0.2) is 9.37 Å². The fraction of sp³-hybridized carbons (Fsp3) is 0.429. The van der Waals surface area contributed by atoms with E-state index in [1.165, 1.54) is 6.07 Å². The first kappa shape index (κ1) is 12.1. The third-order valence-electron chi connectivity index (χ3n) is 3.95. The zero-order valence-electron chi connectivity index (χ0n) is 10.6. The third kappa shape index (κ3) is 1.99. The van der Waals surface area contributed by atoms with Crippen LogP contribution in [0, 0.1) is 17.7 Å². The Bertz CT molecular complexity index is 637. The molecule has 0 amide bonds. The average Bonchev–Trinajstić information content (AvgIpc) is 2.93. The minimum atomic E-state index is -0.796. The second-order valence-corrected chi connectivity index (χ2v) is 5.39. The van der Waals surface area contributed by atoms with Gasteiger partial charge in [-0.3, -0.25) is 4.79 Å². The smallest absolute Gasteiger partial charge is 0.307 e. The van der Waals surface area contributed by atoms with Crippen LogP contribution in [0.2, 0.25) is 0 Å². The van der Waals surface area contributed by atoms with Gasteiger partial charge in [0.15, 0.2) is 5.82 Å². The summed E-state index contributed by atoms with van der Waals surface area (Å²) in [5.74, 6) is -0.813. The van der Waals surface area contributed by atoms with Crippen LogP contribution in [-0.4, -0.2) is 21.0 Å². The van der Waals surface area contributed by atoms with E-state index in [0.29, 0.717) is 29.2 Å². The maximum atomic E-state index is 13.6. The first-order valence-corrected chi connectivity index (χ1v) is 6.43. The summed E-state index contributed by atoms with van der Waals surface area (Å²) in [4.78, 5) is 18.6. The van der Waals surface area contributed by atoms with E-state index in [1.54, 1.807) is 12.1 Å². The van der Waals surface area contributed by atoms with Gasteiger partial charge >= 0.3 is 5.97 Å². The molecule has 1 aliphatic carbocycles. The summed E-state index contributed by atoms with van der Waals surface area (Å²) in [5.41, 5.74) is 0.917. The molecule has 1 saturated carbocycles. The van der Waals surface area contributed by atoms with Crippen LogP contribution in [0.4, 0.5) is 4.39 Å². The molecule has 0 spiro atoms. The lowest BCUT2D eigenvalue weighted by Crippen LogP contribution is -2.17. The molecule has 0 saturated heterocycles. The summed E-state index contributed by atoms with van der Waals surface area (Å²) in [5, 5.41) is 9.28. The van der Waals surface area contributed by atoms with Crippen molar-refractivity contribution in [3.8, 4) is 0 Å². The van der Waals surface area contributed by atoms with Crippen LogP contribution in [-0.2, 0) is 4.79 Å². The summed E-state index contributed by atoms with van der Waals surface area (Å²) in [6.45, 7) is 2.04. The van der Waals surface area contributed by atoms with E-state index in [-0.39, 0.29) is 11.7 Å². The molecule has 1 fully saturated rings. The number of carboxylic acid groups (broad SMARTS) is 1. The number of H-pyrrole nitrogens is 1.